The van der Waals surface area contributed by atoms with Gasteiger partial charge in [0, 0.05) is 41.8 Å². The maximum absolute atomic E-state index is 11.8. The maximum atomic E-state index is 11.8. The van der Waals surface area contributed by atoms with E-state index in [2.05, 4.69) is 21.3 Å². The van der Waals surface area contributed by atoms with E-state index in [0.29, 0.717) is 18.2 Å². The molecule has 1 saturated heterocycles. The van der Waals surface area contributed by atoms with E-state index in [1.807, 2.05) is 31.2 Å². The lowest BCUT2D eigenvalue weighted by Crippen LogP contribution is -2.30. The molecule has 0 aliphatic carbocycles. The number of carbonyl (C=O) groups excluding carboxylic acids is 1. The minimum Gasteiger partial charge on any atom is -0.493 e. The number of amides is 1. The minimum absolute atomic E-state index is 0.119. The number of ether oxygens (including phenoxy) is 1. The van der Waals surface area contributed by atoms with E-state index in [-0.39, 0.29) is 5.91 Å². The van der Waals surface area contributed by atoms with Gasteiger partial charge in [-0.1, -0.05) is 6.07 Å². The number of carbonyl (C=O) groups is 1. The zero-order valence-corrected chi connectivity index (χ0v) is 17.7. The van der Waals surface area contributed by atoms with Crippen molar-refractivity contribution in [2.75, 3.05) is 44.0 Å². The molecule has 3 rings (SSSR count). The monoisotopic (exact) mass is 409 g/mol. The molecule has 1 amide bonds. The highest BCUT2D eigenvalue weighted by Gasteiger charge is 2.15. The van der Waals surface area contributed by atoms with E-state index < -0.39 is 0 Å². The van der Waals surface area contributed by atoms with Gasteiger partial charge in [-0.3, -0.25) is 4.79 Å². The molecule has 160 valence electrons. The molecule has 1 aliphatic heterocycles. The first-order valence-corrected chi connectivity index (χ1v) is 10.4. The largest absolute Gasteiger partial charge is 0.493 e. The summed E-state index contributed by atoms with van der Waals surface area (Å²) in [5.41, 5.74) is 4.12. The van der Waals surface area contributed by atoms with Crippen LogP contribution in [0.5, 0.6) is 5.75 Å². The molecule has 0 unspecified atom stereocenters. The Bertz CT molecular complexity index is 878. The first-order chi connectivity index (χ1) is 14.6. The SMILES string of the molecule is CNC(=O)c1cccc(NCNc2cc(OCC3CCNCC3)c(C)cc2C=N)c1. The van der Waals surface area contributed by atoms with Gasteiger partial charge in [0.2, 0.25) is 0 Å². The summed E-state index contributed by atoms with van der Waals surface area (Å²) in [7, 11) is 1.62. The summed E-state index contributed by atoms with van der Waals surface area (Å²) in [5, 5.41) is 20.3. The van der Waals surface area contributed by atoms with Crippen LogP contribution in [0, 0.1) is 18.3 Å². The number of hydrogen-bond acceptors (Lipinski definition) is 6. The van der Waals surface area contributed by atoms with Gasteiger partial charge >= 0.3 is 0 Å². The van der Waals surface area contributed by atoms with Gasteiger partial charge in [0.25, 0.3) is 5.91 Å². The highest BCUT2D eigenvalue weighted by atomic mass is 16.5. The molecule has 0 bridgehead atoms. The van der Waals surface area contributed by atoms with Crippen molar-refractivity contribution in [3.8, 4) is 5.75 Å². The Morgan fingerprint density at radius 2 is 2.03 bits per heavy atom. The third kappa shape index (κ3) is 5.73. The Labute approximate surface area is 178 Å². The van der Waals surface area contributed by atoms with Gasteiger partial charge in [-0.25, -0.2) is 0 Å². The molecule has 0 aromatic heterocycles. The third-order valence-electron chi connectivity index (χ3n) is 5.36. The van der Waals surface area contributed by atoms with E-state index in [1.165, 1.54) is 6.21 Å². The predicted octanol–water partition coefficient (Wildman–Crippen LogP) is 3.21. The average Bonchev–Trinajstić information content (AvgIpc) is 2.79. The second kappa shape index (κ2) is 10.6. The van der Waals surface area contributed by atoms with Gasteiger partial charge in [0.05, 0.1) is 13.3 Å². The zero-order chi connectivity index (χ0) is 21.3. The van der Waals surface area contributed by atoms with Gasteiger partial charge in [-0.05, 0) is 68.6 Å². The van der Waals surface area contributed by atoms with Crippen LogP contribution in [0.4, 0.5) is 11.4 Å². The van der Waals surface area contributed by atoms with E-state index in [0.717, 1.165) is 60.8 Å². The summed E-state index contributed by atoms with van der Waals surface area (Å²) >= 11 is 0. The molecule has 7 nitrogen and oxygen atoms in total. The van der Waals surface area contributed by atoms with Crippen LogP contribution in [0.3, 0.4) is 0 Å². The molecule has 5 N–H and O–H groups in total. The van der Waals surface area contributed by atoms with Crippen LogP contribution in [-0.2, 0) is 0 Å². The Morgan fingerprint density at radius 1 is 1.23 bits per heavy atom. The molecular formula is C23H31N5O2. The molecule has 1 fully saturated rings. The molecule has 7 heteroatoms. The molecule has 2 aromatic rings. The van der Waals surface area contributed by atoms with Crippen molar-refractivity contribution in [1.82, 2.24) is 10.6 Å². The van der Waals surface area contributed by atoms with E-state index in [1.54, 1.807) is 19.2 Å². The average molecular weight is 410 g/mol. The number of benzene rings is 2. The summed E-state index contributed by atoms with van der Waals surface area (Å²) in [5.74, 6) is 1.31. The summed E-state index contributed by atoms with van der Waals surface area (Å²) in [6.07, 6.45) is 3.63. The molecule has 0 saturated carbocycles. The number of nitrogens with one attached hydrogen (secondary N) is 5. The van der Waals surface area contributed by atoms with Gasteiger partial charge in [0.1, 0.15) is 5.75 Å². The first-order valence-electron chi connectivity index (χ1n) is 10.4. The van der Waals surface area contributed by atoms with Crippen LogP contribution < -0.4 is 26.0 Å². The fourth-order valence-electron chi connectivity index (χ4n) is 3.55. The lowest BCUT2D eigenvalue weighted by atomic mass is 9.99. The van der Waals surface area contributed by atoms with Crippen molar-refractivity contribution in [2.24, 2.45) is 5.92 Å². The topological polar surface area (TPSA) is 98.3 Å². The Kier molecular flexibility index (Phi) is 7.68. The Hall–Kier alpha value is -3.06. The number of hydrogen-bond donors (Lipinski definition) is 5. The number of anilines is 2. The lowest BCUT2D eigenvalue weighted by molar-refractivity contribution is 0.0963. The Morgan fingerprint density at radius 3 is 2.77 bits per heavy atom. The fourth-order valence-corrected chi connectivity index (χ4v) is 3.55. The summed E-state index contributed by atoms with van der Waals surface area (Å²) in [6.45, 7) is 5.29. The lowest BCUT2D eigenvalue weighted by Gasteiger charge is -2.23. The van der Waals surface area contributed by atoms with Gasteiger partial charge in [0.15, 0.2) is 0 Å². The molecular weight excluding hydrogens is 378 g/mol. The highest BCUT2D eigenvalue weighted by Crippen LogP contribution is 2.27. The van der Waals surface area contributed by atoms with Crippen molar-refractivity contribution in [3.63, 3.8) is 0 Å². The summed E-state index contributed by atoms with van der Waals surface area (Å²) in [6, 6.07) is 11.3. The van der Waals surface area contributed by atoms with Crippen LogP contribution >= 0.6 is 0 Å². The predicted molar refractivity (Wildman–Crippen MR) is 122 cm³/mol. The minimum atomic E-state index is -0.119. The van der Waals surface area contributed by atoms with Crippen LogP contribution in [0.25, 0.3) is 0 Å². The van der Waals surface area contributed by atoms with Gasteiger partial charge < -0.3 is 31.4 Å². The first kappa shape index (κ1) is 21.6. The van der Waals surface area contributed by atoms with E-state index in [4.69, 9.17) is 10.1 Å². The molecule has 2 aromatic carbocycles. The fraction of sp³-hybridized carbons (Fsp3) is 0.391. The van der Waals surface area contributed by atoms with Crippen LogP contribution in [0.2, 0.25) is 0 Å². The van der Waals surface area contributed by atoms with Crippen LogP contribution in [-0.4, -0.2) is 45.5 Å². The zero-order valence-electron chi connectivity index (χ0n) is 17.7. The van der Waals surface area contributed by atoms with Crippen molar-refractivity contribution in [2.45, 2.75) is 19.8 Å². The molecule has 1 heterocycles. The normalized spacial score (nSPS) is 14.1. The molecule has 0 spiro atoms. The smallest absolute Gasteiger partial charge is 0.251 e. The number of rotatable bonds is 9. The standard InChI is InChI=1S/C23H31N5O2/c1-16-10-19(13-24)21(12-22(16)30-14-17-6-8-26-9-7-17)28-15-27-20-5-3-4-18(11-20)23(29)25-2/h3-5,10-13,17,24,26-28H,6-9,14-15H2,1-2H3,(H,25,29). The number of piperidine rings is 1. The summed E-state index contributed by atoms with van der Waals surface area (Å²) < 4.78 is 6.13. The molecule has 30 heavy (non-hydrogen) atoms. The van der Waals surface area contributed by atoms with Crippen molar-refractivity contribution >= 4 is 23.5 Å². The van der Waals surface area contributed by atoms with E-state index in [9.17, 15) is 4.79 Å². The molecule has 0 radical (unpaired) electrons. The molecule has 1 aliphatic rings. The van der Waals surface area contributed by atoms with Crippen LogP contribution in [0.15, 0.2) is 36.4 Å². The molecule has 0 atom stereocenters. The van der Waals surface area contributed by atoms with Crippen molar-refractivity contribution < 1.29 is 9.53 Å². The van der Waals surface area contributed by atoms with Crippen LogP contribution in [0.1, 0.15) is 34.3 Å². The van der Waals surface area contributed by atoms with Gasteiger partial charge in [-0.15, -0.1) is 0 Å². The van der Waals surface area contributed by atoms with E-state index >= 15 is 0 Å². The quantitative estimate of drug-likeness (QED) is 0.324. The maximum Gasteiger partial charge on any atom is 0.251 e. The van der Waals surface area contributed by atoms with Crippen molar-refractivity contribution in [1.29, 1.82) is 5.41 Å². The second-order valence-corrected chi connectivity index (χ2v) is 7.54. The number of aryl methyl sites for hydroxylation is 1. The van der Waals surface area contributed by atoms with Gasteiger partial charge in [-0.2, -0.15) is 0 Å². The third-order valence-corrected chi connectivity index (χ3v) is 5.36. The summed E-state index contributed by atoms with van der Waals surface area (Å²) in [4.78, 5) is 11.8. The Balaban J connectivity index is 1.63. The second-order valence-electron chi connectivity index (χ2n) is 7.54. The highest BCUT2D eigenvalue weighted by molar-refractivity contribution is 5.94. The van der Waals surface area contributed by atoms with Crippen molar-refractivity contribution in [3.05, 3.63) is 53.1 Å².